The van der Waals surface area contributed by atoms with Crippen LogP contribution in [0.15, 0.2) is 105 Å². The number of piperidine rings is 2. The second-order valence-corrected chi connectivity index (χ2v) is 21.5. The van der Waals surface area contributed by atoms with Gasteiger partial charge in [0.25, 0.3) is 23.0 Å². The Bertz CT molecular complexity index is 4230. The molecule has 2 aliphatic heterocycles. The average Bonchev–Trinajstić information content (AvgIpc) is 1.67. The van der Waals surface area contributed by atoms with Crippen molar-refractivity contribution < 1.29 is 51.3 Å². The number of fused-ring (bicyclic) bond motifs is 4. The Labute approximate surface area is 489 Å². The smallest absolute Gasteiger partial charge is 0.332 e. The maximum Gasteiger partial charge on any atom is 0.332 e. The number of halogens is 4. The predicted molar refractivity (Wildman–Crippen MR) is 306 cm³/mol. The summed E-state index contributed by atoms with van der Waals surface area (Å²) in [5, 5.41) is 11.9. The van der Waals surface area contributed by atoms with Crippen molar-refractivity contribution in [3.05, 3.63) is 127 Å². The second-order valence-electron chi connectivity index (χ2n) is 21.5. The fourth-order valence-electron chi connectivity index (χ4n) is 10.8. The third-order valence-electron chi connectivity index (χ3n) is 15.9. The number of aliphatic carboxylic acids is 1. The molecule has 2 saturated heterocycles. The number of carboxylic acids is 1. The summed E-state index contributed by atoms with van der Waals surface area (Å²) in [6.45, 7) is 2.85. The summed E-state index contributed by atoms with van der Waals surface area (Å²) in [6, 6.07) is 15.8. The molecule has 4 aliphatic rings. The second kappa shape index (κ2) is 23.6. The van der Waals surface area contributed by atoms with E-state index in [2.05, 4.69) is 40.0 Å². The van der Waals surface area contributed by atoms with Crippen LogP contribution in [0.2, 0.25) is 0 Å². The first-order chi connectivity index (χ1) is 41.3. The molecule has 8 aromatic rings. The van der Waals surface area contributed by atoms with Crippen LogP contribution in [0.1, 0.15) is 25.9 Å². The van der Waals surface area contributed by atoms with Gasteiger partial charge in [0.2, 0.25) is 5.91 Å². The number of ketones is 2. The van der Waals surface area contributed by atoms with Crippen LogP contribution in [-0.2, 0) is 55.8 Å². The number of alkyl halides is 4. The first kappa shape index (κ1) is 60.3. The molecular weight excluding hydrogens is 1150 g/mol. The Morgan fingerprint density at radius 1 is 0.632 bits per heavy atom. The summed E-state index contributed by atoms with van der Waals surface area (Å²) >= 11 is 0. The molecule has 8 aromatic heterocycles. The number of aromatic nitrogens is 12. The van der Waals surface area contributed by atoms with Crippen molar-refractivity contribution in [2.75, 3.05) is 74.5 Å². The van der Waals surface area contributed by atoms with E-state index < -0.39 is 107 Å². The van der Waals surface area contributed by atoms with Gasteiger partial charge in [-0.25, -0.2) is 61.8 Å². The number of methoxy groups -OCH3 is 2. The fraction of sp³-hybridized carbons (Fsp3) is 0.393. The summed E-state index contributed by atoms with van der Waals surface area (Å²) in [5.74, 6) is -7.71. The zero-order valence-corrected chi connectivity index (χ0v) is 47.6. The van der Waals surface area contributed by atoms with Gasteiger partial charge in [-0.15, -0.1) is 0 Å². The molecule has 10 heterocycles. The van der Waals surface area contributed by atoms with Crippen LogP contribution >= 0.6 is 0 Å². The molecule has 4 N–H and O–H groups in total. The van der Waals surface area contributed by atoms with Gasteiger partial charge in [-0.3, -0.25) is 42.2 Å². The predicted octanol–water partition coefficient (Wildman–Crippen LogP) is 2.66. The molecule has 0 spiro atoms. The summed E-state index contributed by atoms with van der Waals surface area (Å²) in [4.78, 5) is 128. The van der Waals surface area contributed by atoms with E-state index in [-0.39, 0.29) is 54.4 Å². The van der Waals surface area contributed by atoms with Crippen molar-refractivity contribution in [3.63, 3.8) is 0 Å². The number of imidazole rings is 2. The van der Waals surface area contributed by atoms with Gasteiger partial charge >= 0.3 is 17.3 Å². The molecule has 0 bridgehead atoms. The van der Waals surface area contributed by atoms with Gasteiger partial charge in [0.15, 0.2) is 33.9 Å². The van der Waals surface area contributed by atoms with E-state index in [0.717, 1.165) is 39.9 Å². The minimum Gasteiger partial charge on any atom is -0.480 e. The first-order valence-corrected chi connectivity index (χ1v) is 27.1. The maximum atomic E-state index is 13.5. The Morgan fingerprint density at radius 2 is 1.06 bits per heavy atom. The van der Waals surface area contributed by atoms with E-state index in [4.69, 9.17) is 15.6 Å². The lowest BCUT2D eigenvalue weighted by Gasteiger charge is -2.20. The number of anilines is 4. The van der Waals surface area contributed by atoms with E-state index in [9.17, 15) is 55.9 Å². The highest BCUT2D eigenvalue weighted by atomic mass is 19.3. The van der Waals surface area contributed by atoms with Crippen molar-refractivity contribution in [2.24, 2.45) is 37.8 Å². The summed E-state index contributed by atoms with van der Waals surface area (Å²) in [6.07, 6.45) is 5.79. The Hall–Kier alpha value is -9.78. The molecule has 4 unspecified atom stereocenters. The van der Waals surface area contributed by atoms with Gasteiger partial charge in [-0.2, -0.15) is 0 Å². The fourth-order valence-corrected chi connectivity index (χ4v) is 10.8. The van der Waals surface area contributed by atoms with E-state index >= 15 is 0 Å². The molecule has 2 saturated carbocycles. The number of Topliss-reactive ketones (excluding diaryl/α,β-unsaturated/α-hetero) is 2. The quantitative estimate of drug-likeness (QED) is 0.110. The van der Waals surface area contributed by atoms with Crippen molar-refractivity contribution in [3.8, 4) is 22.5 Å². The number of carbonyl (C=O) groups excluding carboxylic acids is 3. The van der Waals surface area contributed by atoms with Crippen molar-refractivity contribution in [2.45, 2.75) is 50.9 Å². The van der Waals surface area contributed by atoms with E-state index in [1.165, 1.54) is 52.5 Å². The molecule has 87 heavy (non-hydrogen) atoms. The first-order valence-electron chi connectivity index (χ1n) is 27.1. The molecular formula is C56H58F4N16O11. The van der Waals surface area contributed by atoms with Gasteiger partial charge in [0.1, 0.15) is 48.6 Å². The summed E-state index contributed by atoms with van der Waals surface area (Å²) in [5.41, 5.74) is 5.61. The number of pyridine rings is 4. The zero-order chi connectivity index (χ0) is 62.6. The van der Waals surface area contributed by atoms with Crippen LogP contribution in [0.25, 0.3) is 44.8 Å². The van der Waals surface area contributed by atoms with Crippen LogP contribution in [0, 0.1) is 23.7 Å². The molecule has 0 aromatic carbocycles. The molecule has 4 fully saturated rings. The Kier molecular flexibility index (Phi) is 16.4. The van der Waals surface area contributed by atoms with Crippen LogP contribution in [0.5, 0.6) is 0 Å². The molecule has 1 amide bonds. The number of nitrogen functional groups attached to an aromatic ring is 1. The minimum absolute atomic E-state index is 0.0122. The van der Waals surface area contributed by atoms with E-state index in [1.807, 2.05) is 34.1 Å². The molecule has 6 atom stereocenters. The average molecular weight is 1210 g/mol. The van der Waals surface area contributed by atoms with Crippen LogP contribution in [0.3, 0.4) is 0 Å². The van der Waals surface area contributed by atoms with E-state index in [1.54, 1.807) is 55.7 Å². The van der Waals surface area contributed by atoms with Gasteiger partial charge < -0.3 is 44.6 Å². The largest absolute Gasteiger partial charge is 0.480 e. The number of hydrogen-bond acceptors (Lipinski definition) is 19. The van der Waals surface area contributed by atoms with Gasteiger partial charge in [0.05, 0.1) is 60.8 Å². The van der Waals surface area contributed by atoms with Gasteiger partial charge in [0, 0.05) is 78.0 Å². The summed E-state index contributed by atoms with van der Waals surface area (Å²) in [7, 11) is 5.47. The van der Waals surface area contributed by atoms with Crippen molar-refractivity contribution in [1.82, 2.24) is 57.3 Å². The van der Waals surface area contributed by atoms with Crippen LogP contribution < -0.4 is 43.3 Å². The number of carbonyl (C=O) groups is 4. The number of carboxylic acid groups (broad SMARTS) is 1. The topological polar surface area (TPSA) is 327 Å². The van der Waals surface area contributed by atoms with Crippen molar-refractivity contribution in [1.29, 1.82) is 0 Å². The Balaban J connectivity index is 0.000000160. The normalized spacial score (nSPS) is 19.1. The number of hydrogen-bond donors (Lipinski definition) is 3. The van der Waals surface area contributed by atoms with Crippen LogP contribution in [-0.4, -0.2) is 151 Å². The highest BCUT2D eigenvalue weighted by Crippen LogP contribution is 2.60. The lowest BCUT2D eigenvalue weighted by Crippen LogP contribution is -2.42. The van der Waals surface area contributed by atoms with Crippen LogP contribution in [0.4, 0.5) is 40.8 Å². The third kappa shape index (κ3) is 11.6. The summed E-state index contributed by atoms with van der Waals surface area (Å²) < 4.78 is 69.2. The molecule has 456 valence electrons. The number of aryl methyl sites for hydroxylation is 2. The molecule has 2 aliphatic carbocycles. The monoisotopic (exact) mass is 1210 g/mol. The van der Waals surface area contributed by atoms with E-state index in [0.29, 0.717) is 36.0 Å². The number of nitrogens with two attached hydrogens (primary N) is 1. The molecule has 27 nitrogen and oxygen atoms in total. The third-order valence-corrected chi connectivity index (χ3v) is 15.9. The maximum absolute atomic E-state index is 13.5. The number of nitrogens with one attached hydrogen (secondary N) is 1. The highest BCUT2D eigenvalue weighted by Gasteiger charge is 2.72. The molecule has 12 rings (SSSR count). The zero-order valence-electron chi connectivity index (χ0n) is 47.6. The van der Waals surface area contributed by atoms with Gasteiger partial charge in [-0.05, 0) is 62.4 Å². The highest BCUT2D eigenvalue weighted by molar-refractivity contribution is 5.94. The standard InChI is InChI=1S/C28H28F2N8O5.C15H14F2N4.C13H16N4O6/c1-15(38-14-32-24-23(38)26(41)37(27(42)35(24)2)10-17(39)13-43-3)25(40)34-21-6-4-5-20(33-21)16-7-8-22(31-9-16)36-11-18-19(12-36)28(18,29)30;16-15(17)10-7-21(8-11(10)15)14-5-4-9(6-19-14)12-2-1-3-13(18)20-12;1-7(12(20)21)17-6-14-10-9(17)11(19)16(13(22)15(10)2)4-8(18)5-23-3/h4-9,14-15,18-19H,10-13H2,1-3H3,(H,33,34,40);1-6,10-11H,7-8H2,(H2,18,20);6-7H,4-5H2,1-3H3,(H,20,21)/t15-,18?,19?;;7-/m0.0/s1. The molecule has 31 heteroatoms. The van der Waals surface area contributed by atoms with Gasteiger partial charge in [-0.1, -0.05) is 12.1 Å². The number of ether oxygens (including phenoxy) is 2. The number of amides is 1. The minimum atomic E-state index is -2.56. The lowest BCUT2D eigenvalue weighted by atomic mass is 10.2. The SMILES string of the molecule is COCC(=O)Cn1c(=O)c2c(ncn2[C@@H](C)C(=O)Nc2cccc(-c3ccc(N4CC5C(C4)C5(F)F)nc3)n2)n(C)c1=O.COCC(=O)Cn1c(=O)c2c(ncn2[C@@H](C)C(=O)O)n(C)c1=O.Nc1cccc(-c2ccc(N3CC4C(C3)C4(F)F)nc2)n1. The Morgan fingerprint density at radius 3 is 1.46 bits per heavy atom. The number of rotatable bonds is 17. The number of nitrogens with zero attached hydrogens (tertiary/aromatic N) is 14. The lowest BCUT2D eigenvalue weighted by molar-refractivity contribution is -0.140. The molecule has 0 radical (unpaired) electrons. The van der Waals surface area contributed by atoms with Crippen molar-refractivity contribution >= 4 is 69.0 Å².